The van der Waals surface area contributed by atoms with Gasteiger partial charge in [-0.3, -0.25) is 14.7 Å². The molecular formula is C17H15ClFN3O2. The zero-order valence-corrected chi connectivity index (χ0v) is 13.9. The summed E-state index contributed by atoms with van der Waals surface area (Å²) in [6, 6.07) is 9.73. The first kappa shape index (κ1) is 16.4. The van der Waals surface area contributed by atoms with E-state index in [0.717, 1.165) is 11.1 Å². The van der Waals surface area contributed by atoms with Crippen LogP contribution in [-0.2, 0) is 6.54 Å². The minimum atomic E-state index is -0.709. The molecule has 7 heteroatoms. The molecule has 0 radical (unpaired) electrons. The number of hydrogen-bond donors (Lipinski definition) is 1. The van der Waals surface area contributed by atoms with Crippen LogP contribution in [0.2, 0.25) is 5.02 Å². The van der Waals surface area contributed by atoms with Crippen LogP contribution in [0.5, 0.6) is 0 Å². The number of hydrogen-bond acceptors (Lipinski definition) is 3. The molecule has 0 saturated carbocycles. The van der Waals surface area contributed by atoms with Crippen molar-refractivity contribution in [2.24, 2.45) is 0 Å². The fourth-order valence-electron chi connectivity index (χ4n) is 2.53. The van der Waals surface area contributed by atoms with Crippen LogP contribution in [0.1, 0.15) is 21.6 Å². The third-order valence-corrected chi connectivity index (χ3v) is 4.09. The average molecular weight is 348 g/mol. The predicted molar refractivity (Wildman–Crippen MR) is 88.9 cm³/mol. The van der Waals surface area contributed by atoms with E-state index in [2.05, 4.69) is 5.10 Å². The first-order valence-electron chi connectivity index (χ1n) is 7.25. The summed E-state index contributed by atoms with van der Waals surface area (Å²) < 4.78 is 15.2. The molecule has 2 aromatic carbocycles. The lowest BCUT2D eigenvalue weighted by atomic mass is 10.1. The van der Waals surface area contributed by atoms with Gasteiger partial charge in [0.15, 0.2) is 5.69 Å². The molecule has 3 rings (SSSR count). The standard InChI is InChI=1S/C17H15ClFN3O2/c1-10-3-4-11(14(18)7-10)9-22-15-6-5-12(19)8-13(15)16(20-22)17(23)21(2)24/h3-8,24H,9H2,1-2H3. The van der Waals surface area contributed by atoms with Crippen molar-refractivity contribution in [3.63, 3.8) is 0 Å². The fraction of sp³-hybridized carbons (Fsp3) is 0.176. The Hall–Kier alpha value is -2.44. The number of hydroxylamine groups is 2. The van der Waals surface area contributed by atoms with Crippen molar-refractivity contribution in [3.05, 3.63) is 64.1 Å². The minimum Gasteiger partial charge on any atom is -0.286 e. The average Bonchev–Trinajstić information content (AvgIpc) is 2.87. The van der Waals surface area contributed by atoms with E-state index in [9.17, 15) is 14.4 Å². The molecule has 1 N–H and O–H groups in total. The Morgan fingerprint density at radius 1 is 1.33 bits per heavy atom. The lowest BCUT2D eigenvalue weighted by molar-refractivity contribution is -0.0378. The Morgan fingerprint density at radius 3 is 2.75 bits per heavy atom. The Bertz CT molecular complexity index is 937. The molecule has 0 aliphatic carbocycles. The van der Waals surface area contributed by atoms with Crippen LogP contribution in [0.3, 0.4) is 0 Å². The molecule has 0 aliphatic rings. The highest BCUT2D eigenvalue weighted by Gasteiger charge is 2.20. The van der Waals surface area contributed by atoms with Gasteiger partial charge in [-0.15, -0.1) is 0 Å². The molecule has 1 heterocycles. The summed E-state index contributed by atoms with van der Waals surface area (Å²) in [6.07, 6.45) is 0. The molecule has 124 valence electrons. The third-order valence-electron chi connectivity index (χ3n) is 3.74. The van der Waals surface area contributed by atoms with Gasteiger partial charge in [-0.05, 0) is 42.3 Å². The van der Waals surface area contributed by atoms with Gasteiger partial charge in [0.1, 0.15) is 5.82 Å². The summed E-state index contributed by atoms with van der Waals surface area (Å²) in [7, 11) is 1.20. The van der Waals surface area contributed by atoms with Gasteiger partial charge in [-0.1, -0.05) is 23.7 Å². The van der Waals surface area contributed by atoms with Crippen molar-refractivity contribution in [2.45, 2.75) is 13.5 Å². The number of amides is 1. The maximum Gasteiger partial charge on any atom is 0.298 e. The first-order valence-corrected chi connectivity index (χ1v) is 7.62. The Labute approximate surface area is 142 Å². The summed E-state index contributed by atoms with van der Waals surface area (Å²) in [6.45, 7) is 2.26. The van der Waals surface area contributed by atoms with E-state index in [1.54, 1.807) is 10.7 Å². The summed E-state index contributed by atoms with van der Waals surface area (Å²) in [4.78, 5) is 12.1. The topological polar surface area (TPSA) is 58.4 Å². The van der Waals surface area contributed by atoms with Crippen molar-refractivity contribution in [3.8, 4) is 0 Å². The summed E-state index contributed by atoms with van der Waals surface area (Å²) in [5.74, 6) is -1.19. The molecule has 5 nitrogen and oxygen atoms in total. The first-order chi connectivity index (χ1) is 11.4. The molecule has 3 aromatic rings. The van der Waals surface area contributed by atoms with Gasteiger partial charge in [0, 0.05) is 17.5 Å². The predicted octanol–water partition coefficient (Wildman–Crippen LogP) is 3.65. The molecule has 1 aromatic heterocycles. The minimum absolute atomic E-state index is 0.0160. The van der Waals surface area contributed by atoms with E-state index in [1.807, 2.05) is 25.1 Å². The van der Waals surface area contributed by atoms with E-state index in [1.165, 1.54) is 19.2 Å². The van der Waals surface area contributed by atoms with Crippen molar-refractivity contribution in [1.82, 2.24) is 14.8 Å². The van der Waals surface area contributed by atoms with Crippen molar-refractivity contribution in [2.75, 3.05) is 7.05 Å². The van der Waals surface area contributed by atoms with Crippen LogP contribution in [-0.4, -0.2) is 33.0 Å². The van der Waals surface area contributed by atoms with Gasteiger partial charge >= 0.3 is 0 Å². The highest BCUT2D eigenvalue weighted by atomic mass is 35.5. The molecule has 0 saturated heterocycles. The van der Waals surface area contributed by atoms with Crippen LogP contribution in [0.15, 0.2) is 36.4 Å². The molecular weight excluding hydrogens is 333 g/mol. The fourth-order valence-corrected chi connectivity index (χ4v) is 2.82. The van der Waals surface area contributed by atoms with Crippen LogP contribution >= 0.6 is 11.6 Å². The van der Waals surface area contributed by atoms with Gasteiger partial charge in [0.25, 0.3) is 5.91 Å². The number of fused-ring (bicyclic) bond motifs is 1. The third kappa shape index (κ3) is 2.98. The SMILES string of the molecule is Cc1ccc(Cn2nc(C(=O)N(C)O)c3cc(F)ccc32)c(Cl)c1. The summed E-state index contributed by atoms with van der Waals surface area (Å²) in [5, 5.41) is 15.0. The monoisotopic (exact) mass is 347 g/mol. The molecule has 0 atom stereocenters. The van der Waals surface area contributed by atoms with Crippen LogP contribution in [0.4, 0.5) is 4.39 Å². The van der Waals surface area contributed by atoms with Crippen LogP contribution in [0.25, 0.3) is 10.9 Å². The number of aryl methyl sites for hydroxylation is 1. The number of carbonyl (C=O) groups excluding carboxylic acids is 1. The van der Waals surface area contributed by atoms with Gasteiger partial charge in [-0.25, -0.2) is 9.45 Å². The Kier molecular flexibility index (Phi) is 4.26. The molecule has 0 spiro atoms. The van der Waals surface area contributed by atoms with E-state index in [4.69, 9.17) is 11.6 Å². The van der Waals surface area contributed by atoms with E-state index >= 15 is 0 Å². The number of halogens is 2. The van der Waals surface area contributed by atoms with Crippen molar-refractivity contribution in [1.29, 1.82) is 0 Å². The van der Waals surface area contributed by atoms with Gasteiger partial charge < -0.3 is 0 Å². The van der Waals surface area contributed by atoms with Gasteiger partial charge in [-0.2, -0.15) is 5.10 Å². The highest BCUT2D eigenvalue weighted by Crippen LogP contribution is 2.24. The van der Waals surface area contributed by atoms with Gasteiger partial charge in [0.2, 0.25) is 0 Å². The van der Waals surface area contributed by atoms with E-state index in [0.29, 0.717) is 27.5 Å². The second-order valence-corrected chi connectivity index (χ2v) is 6.00. The summed E-state index contributed by atoms with van der Waals surface area (Å²) >= 11 is 6.26. The number of benzene rings is 2. The van der Waals surface area contributed by atoms with Gasteiger partial charge in [0.05, 0.1) is 12.1 Å². The number of nitrogens with zero attached hydrogens (tertiary/aromatic N) is 3. The Balaban J connectivity index is 2.12. The zero-order valence-electron chi connectivity index (χ0n) is 13.1. The van der Waals surface area contributed by atoms with Crippen molar-refractivity contribution >= 4 is 28.4 Å². The second kappa shape index (κ2) is 6.22. The normalized spacial score (nSPS) is 11.0. The molecule has 0 bridgehead atoms. The zero-order chi connectivity index (χ0) is 17.4. The number of rotatable bonds is 3. The highest BCUT2D eigenvalue weighted by molar-refractivity contribution is 6.31. The largest absolute Gasteiger partial charge is 0.298 e. The quantitative estimate of drug-likeness (QED) is 0.581. The maximum atomic E-state index is 13.6. The lowest BCUT2D eigenvalue weighted by Gasteiger charge is -2.07. The van der Waals surface area contributed by atoms with E-state index in [-0.39, 0.29) is 5.69 Å². The number of aromatic nitrogens is 2. The second-order valence-electron chi connectivity index (χ2n) is 5.59. The maximum absolute atomic E-state index is 13.6. The van der Waals surface area contributed by atoms with Crippen molar-refractivity contribution < 1.29 is 14.4 Å². The van der Waals surface area contributed by atoms with E-state index < -0.39 is 11.7 Å². The smallest absolute Gasteiger partial charge is 0.286 e. The number of carbonyl (C=O) groups is 1. The molecule has 24 heavy (non-hydrogen) atoms. The lowest BCUT2D eigenvalue weighted by Crippen LogP contribution is -2.23. The summed E-state index contributed by atoms with van der Waals surface area (Å²) in [5.41, 5.74) is 2.43. The molecule has 0 fully saturated rings. The molecule has 0 aliphatic heterocycles. The van der Waals surface area contributed by atoms with Crippen LogP contribution < -0.4 is 0 Å². The molecule has 1 amide bonds. The Morgan fingerprint density at radius 2 is 2.08 bits per heavy atom. The molecule has 0 unspecified atom stereocenters. The van der Waals surface area contributed by atoms with Crippen LogP contribution in [0, 0.1) is 12.7 Å².